The zero-order valence-corrected chi connectivity index (χ0v) is 9.49. The molecule has 0 saturated carbocycles. The Morgan fingerprint density at radius 1 is 1.41 bits per heavy atom. The molecule has 92 valence electrons. The third kappa shape index (κ3) is 2.38. The van der Waals surface area contributed by atoms with E-state index in [1.165, 1.54) is 18.2 Å². The molecule has 0 amide bonds. The Morgan fingerprint density at radius 2 is 2.18 bits per heavy atom. The molecule has 7 nitrogen and oxygen atoms in total. The molecular weight excluding hydrogens is 248 g/mol. The number of nitrogens with one attached hydrogen (secondary N) is 1. The molecule has 3 N–H and O–H groups in total. The normalized spacial score (nSPS) is 12.1. The summed E-state index contributed by atoms with van der Waals surface area (Å²) in [6.45, 7) is -0.00182. The number of hydrogen-bond donors (Lipinski definition) is 2. The second kappa shape index (κ2) is 4.32. The topological polar surface area (TPSA) is 115 Å². The largest absolute Gasteiger partial charge is 0.417 e. The Labute approximate surface area is 96.3 Å². The summed E-state index contributed by atoms with van der Waals surface area (Å²) in [6, 6.07) is 3.97. The van der Waals surface area contributed by atoms with Gasteiger partial charge in [-0.3, -0.25) is 9.17 Å². The fourth-order valence-corrected chi connectivity index (χ4v) is 2.24. The van der Waals surface area contributed by atoms with Crippen LogP contribution in [0.25, 0.3) is 11.1 Å². The van der Waals surface area contributed by atoms with Crippen molar-refractivity contribution in [2.24, 2.45) is 5.73 Å². The van der Waals surface area contributed by atoms with Gasteiger partial charge < -0.3 is 10.2 Å². The van der Waals surface area contributed by atoms with Crippen LogP contribution in [0.2, 0.25) is 0 Å². The molecule has 1 heterocycles. The molecule has 0 saturated heterocycles. The van der Waals surface area contributed by atoms with Crippen molar-refractivity contribution < 1.29 is 17.0 Å². The van der Waals surface area contributed by atoms with Crippen LogP contribution < -0.4 is 11.5 Å². The molecule has 0 aliphatic carbocycles. The summed E-state index contributed by atoms with van der Waals surface area (Å²) in [4.78, 5) is 13.2. The maximum Gasteiger partial charge on any atom is 0.417 e. The molecule has 2 rings (SSSR count). The molecular formula is C9H10N2O5S. The quantitative estimate of drug-likeness (QED) is 0.733. The van der Waals surface area contributed by atoms with Crippen LogP contribution in [-0.4, -0.2) is 26.6 Å². The minimum atomic E-state index is -3.86. The van der Waals surface area contributed by atoms with Crippen molar-refractivity contribution in [1.82, 2.24) is 4.98 Å². The van der Waals surface area contributed by atoms with Gasteiger partial charge in [0.2, 0.25) is 0 Å². The van der Waals surface area contributed by atoms with E-state index in [-0.39, 0.29) is 23.6 Å². The summed E-state index contributed by atoms with van der Waals surface area (Å²) in [5.74, 6) is -0.641. The first-order valence-corrected chi connectivity index (χ1v) is 6.16. The van der Waals surface area contributed by atoms with Gasteiger partial charge in [-0.1, -0.05) is 0 Å². The Balaban J connectivity index is 2.45. The van der Waals surface area contributed by atoms with Crippen LogP contribution in [0.4, 0.5) is 0 Å². The van der Waals surface area contributed by atoms with Gasteiger partial charge in [-0.2, -0.15) is 8.42 Å². The van der Waals surface area contributed by atoms with Gasteiger partial charge in [-0.25, -0.2) is 4.79 Å². The van der Waals surface area contributed by atoms with E-state index in [0.29, 0.717) is 5.52 Å². The van der Waals surface area contributed by atoms with Gasteiger partial charge in [0.25, 0.3) is 10.1 Å². The van der Waals surface area contributed by atoms with E-state index in [1.54, 1.807) is 0 Å². The Kier molecular flexibility index (Phi) is 3.01. The van der Waals surface area contributed by atoms with Crippen molar-refractivity contribution in [1.29, 1.82) is 0 Å². The first kappa shape index (κ1) is 11.8. The lowest BCUT2D eigenvalue weighted by Gasteiger charge is -2.03. The van der Waals surface area contributed by atoms with E-state index in [2.05, 4.69) is 9.17 Å². The number of H-pyrrole nitrogens is 1. The Hall–Kier alpha value is -1.64. The van der Waals surface area contributed by atoms with Gasteiger partial charge in [0.05, 0.1) is 17.0 Å². The second-order valence-corrected chi connectivity index (χ2v) is 4.85. The monoisotopic (exact) mass is 258 g/mol. The SMILES string of the molecule is NCCOS(=O)(=O)c1ccc2[nH]c(=O)oc2c1. The first-order chi connectivity index (χ1) is 8.03. The summed E-state index contributed by atoms with van der Waals surface area (Å²) < 4.78 is 32.7. The number of hydrogen-bond acceptors (Lipinski definition) is 6. The number of oxazole rings is 1. The van der Waals surface area contributed by atoms with Crippen LogP contribution >= 0.6 is 0 Å². The summed E-state index contributed by atoms with van der Waals surface area (Å²) in [5, 5.41) is 0. The summed E-state index contributed by atoms with van der Waals surface area (Å²) in [7, 11) is -3.86. The molecule has 1 aromatic heterocycles. The molecule has 0 aliphatic rings. The third-order valence-electron chi connectivity index (χ3n) is 2.04. The van der Waals surface area contributed by atoms with E-state index in [9.17, 15) is 13.2 Å². The molecule has 8 heteroatoms. The van der Waals surface area contributed by atoms with Gasteiger partial charge >= 0.3 is 5.76 Å². The highest BCUT2D eigenvalue weighted by atomic mass is 32.2. The summed E-state index contributed by atoms with van der Waals surface area (Å²) >= 11 is 0. The van der Waals surface area contributed by atoms with E-state index in [1.807, 2.05) is 0 Å². The smallest absolute Gasteiger partial charge is 0.408 e. The molecule has 0 spiro atoms. The minimum Gasteiger partial charge on any atom is -0.408 e. The average molecular weight is 258 g/mol. The van der Waals surface area contributed by atoms with E-state index in [0.717, 1.165) is 0 Å². The van der Waals surface area contributed by atoms with Gasteiger partial charge in [-0.05, 0) is 12.1 Å². The summed E-state index contributed by atoms with van der Waals surface area (Å²) in [5.41, 5.74) is 5.74. The highest BCUT2D eigenvalue weighted by Crippen LogP contribution is 2.18. The van der Waals surface area contributed by atoms with Crippen LogP contribution in [0.15, 0.2) is 32.3 Å². The number of aromatic amines is 1. The van der Waals surface area contributed by atoms with Crippen molar-refractivity contribution in [2.75, 3.05) is 13.2 Å². The standard InChI is InChI=1S/C9H10N2O5S/c10-3-4-15-17(13,14)6-1-2-7-8(5-6)16-9(12)11-7/h1-2,5H,3-4,10H2,(H,11,12). The molecule has 0 fully saturated rings. The number of rotatable bonds is 4. The molecule has 2 aromatic rings. The van der Waals surface area contributed by atoms with Gasteiger partial charge in [0.1, 0.15) is 0 Å². The number of benzene rings is 1. The zero-order valence-electron chi connectivity index (χ0n) is 8.67. The number of aromatic nitrogens is 1. The fourth-order valence-electron chi connectivity index (χ4n) is 1.31. The van der Waals surface area contributed by atoms with Crippen LogP contribution in [0.1, 0.15) is 0 Å². The van der Waals surface area contributed by atoms with Crippen molar-refractivity contribution in [3.05, 3.63) is 28.7 Å². The maximum atomic E-state index is 11.6. The number of nitrogens with two attached hydrogens (primary N) is 1. The van der Waals surface area contributed by atoms with Gasteiger partial charge in [0, 0.05) is 12.6 Å². The molecule has 0 bridgehead atoms. The molecule has 17 heavy (non-hydrogen) atoms. The van der Waals surface area contributed by atoms with Crippen LogP contribution in [0.3, 0.4) is 0 Å². The first-order valence-electron chi connectivity index (χ1n) is 4.75. The Bertz CT molecular complexity index is 685. The van der Waals surface area contributed by atoms with Crippen molar-refractivity contribution in [2.45, 2.75) is 4.90 Å². The molecule has 0 unspecified atom stereocenters. The zero-order chi connectivity index (χ0) is 12.5. The third-order valence-corrected chi connectivity index (χ3v) is 3.35. The van der Waals surface area contributed by atoms with Crippen LogP contribution in [0.5, 0.6) is 0 Å². The predicted molar refractivity (Wildman–Crippen MR) is 59.0 cm³/mol. The van der Waals surface area contributed by atoms with Gasteiger partial charge in [-0.15, -0.1) is 0 Å². The molecule has 0 aliphatic heterocycles. The average Bonchev–Trinajstić information content (AvgIpc) is 2.65. The van der Waals surface area contributed by atoms with Crippen molar-refractivity contribution in [3.8, 4) is 0 Å². The highest BCUT2D eigenvalue weighted by molar-refractivity contribution is 7.86. The fraction of sp³-hybridized carbons (Fsp3) is 0.222. The molecule has 0 atom stereocenters. The summed E-state index contributed by atoms with van der Waals surface area (Å²) in [6.07, 6.45) is 0. The van der Waals surface area contributed by atoms with E-state index < -0.39 is 15.9 Å². The second-order valence-electron chi connectivity index (χ2n) is 3.24. The highest BCUT2D eigenvalue weighted by Gasteiger charge is 2.16. The number of fused-ring (bicyclic) bond motifs is 1. The van der Waals surface area contributed by atoms with Crippen molar-refractivity contribution >= 4 is 21.2 Å². The van der Waals surface area contributed by atoms with E-state index >= 15 is 0 Å². The molecule has 1 aromatic carbocycles. The lowest BCUT2D eigenvalue weighted by atomic mass is 10.3. The van der Waals surface area contributed by atoms with Gasteiger partial charge in [0.15, 0.2) is 5.58 Å². The maximum absolute atomic E-state index is 11.6. The predicted octanol–water partition coefficient (Wildman–Crippen LogP) is -0.215. The van der Waals surface area contributed by atoms with Crippen LogP contribution in [0, 0.1) is 0 Å². The lowest BCUT2D eigenvalue weighted by molar-refractivity contribution is 0.327. The lowest BCUT2D eigenvalue weighted by Crippen LogP contribution is -2.14. The minimum absolute atomic E-state index is 0.0822. The van der Waals surface area contributed by atoms with E-state index in [4.69, 9.17) is 10.2 Å². The van der Waals surface area contributed by atoms with Crippen LogP contribution in [-0.2, 0) is 14.3 Å². The Morgan fingerprint density at radius 3 is 2.88 bits per heavy atom. The molecule has 0 radical (unpaired) electrons. The van der Waals surface area contributed by atoms with Crippen molar-refractivity contribution in [3.63, 3.8) is 0 Å².